The lowest BCUT2D eigenvalue weighted by atomic mass is 9.97. The third kappa shape index (κ3) is 1.43. The number of allylic oxidation sites excluding steroid dienone is 1. The Morgan fingerprint density at radius 2 is 1.75 bits per heavy atom. The van der Waals surface area contributed by atoms with Crippen LogP contribution < -0.4 is 0 Å². The highest BCUT2D eigenvalue weighted by Gasteiger charge is 2.02. The van der Waals surface area contributed by atoms with Gasteiger partial charge >= 0.3 is 0 Å². The lowest BCUT2D eigenvalue weighted by Crippen LogP contribution is -1.92. The maximum atomic E-state index is 4.68. The van der Waals surface area contributed by atoms with E-state index in [-0.39, 0.29) is 0 Å². The van der Waals surface area contributed by atoms with Crippen molar-refractivity contribution in [1.29, 1.82) is 0 Å². The Morgan fingerprint density at radius 3 is 2.12 bits per heavy atom. The van der Waals surface area contributed by atoms with E-state index in [1.165, 1.54) is 37.7 Å². The van der Waals surface area contributed by atoms with E-state index in [0.717, 1.165) is 0 Å². The molecule has 0 bridgehead atoms. The van der Waals surface area contributed by atoms with Gasteiger partial charge in [0.2, 0.25) is 0 Å². The average Bonchev–Trinajstić information content (AvgIpc) is 1.90. The lowest BCUT2D eigenvalue weighted by molar-refractivity contribution is 0.605. The lowest BCUT2D eigenvalue weighted by Gasteiger charge is -2.09. The Labute approximate surface area is 55.6 Å². The molecule has 0 amide bonds. The Balaban J connectivity index is 2.45. The Bertz CT molecular complexity index is 112. The summed E-state index contributed by atoms with van der Waals surface area (Å²) in [6.07, 6.45) is 6.48. The molecule has 0 aromatic carbocycles. The first-order valence-corrected chi connectivity index (χ1v) is 3.57. The fourth-order valence-electron chi connectivity index (χ4n) is 1.08. The molecule has 0 heterocycles. The maximum absolute atomic E-state index is 4.68. The number of thiocarbonyl (C=S) groups is 1. The molecule has 1 rings (SSSR count). The summed E-state index contributed by atoms with van der Waals surface area (Å²) in [5.41, 5.74) is 1.37. The number of hydrogen-bond donors (Lipinski definition) is 0. The van der Waals surface area contributed by atoms with Crippen LogP contribution in [0.25, 0.3) is 0 Å². The van der Waals surface area contributed by atoms with E-state index < -0.39 is 0 Å². The fraction of sp³-hybridized carbons (Fsp3) is 0.714. The molecule has 0 aromatic rings. The molecule has 0 aromatic heterocycles. The Hall–Kier alpha value is -0.130. The van der Waals surface area contributed by atoms with Gasteiger partial charge in [0.05, 0.1) is 0 Å². The van der Waals surface area contributed by atoms with Crippen LogP contribution in [0.1, 0.15) is 32.1 Å². The van der Waals surface area contributed by atoms with Gasteiger partial charge in [-0.25, -0.2) is 0 Å². The molecule has 0 nitrogen and oxygen atoms in total. The van der Waals surface area contributed by atoms with E-state index in [0.29, 0.717) is 0 Å². The SMILES string of the molecule is S=C=C1CCCCC1. The second kappa shape index (κ2) is 3.01. The molecular weight excluding hydrogens is 116 g/mol. The summed E-state index contributed by atoms with van der Waals surface area (Å²) in [6.45, 7) is 0. The zero-order chi connectivity index (χ0) is 5.82. The summed E-state index contributed by atoms with van der Waals surface area (Å²) < 4.78 is 0. The summed E-state index contributed by atoms with van der Waals surface area (Å²) >= 11 is 4.68. The van der Waals surface area contributed by atoms with Gasteiger partial charge in [-0.2, -0.15) is 0 Å². The van der Waals surface area contributed by atoms with Gasteiger partial charge in [0.25, 0.3) is 0 Å². The van der Waals surface area contributed by atoms with Crippen molar-refractivity contribution in [3.05, 3.63) is 5.57 Å². The van der Waals surface area contributed by atoms with Crippen LogP contribution in [-0.4, -0.2) is 5.02 Å². The average molecular weight is 126 g/mol. The third-order valence-corrected chi connectivity index (χ3v) is 1.89. The monoisotopic (exact) mass is 126 g/mol. The summed E-state index contributed by atoms with van der Waals surface area (Å²) in [6, 6.07) is 0. The molecular formula is C7H10S. The highest BCUT2D eigenvalue weighted by atomic mass is 32.1. The molecule has 0 saturated heterocycles. The van der Waals surface area contributed by atoms with Crippen molar-refractivity contribution >= 4 is 17.2 Å². The van der Waals surface area contributed by atoms with Crippen LogP contribution in [0.5, 0.6) is 0 Å². The van der Waals surface area contributed by atoms with E-state index in [4.69, 9.17) is 0 Å². The second-order valence-corrected chi connectivity index (χ2v) is 2.47. The predicted molar refractivity (Wildman–Crippen MR) is 39.2 cm³/mol. The second-order valence-electron chi connectivity index (χ2n) is 2.27. The minimum Gasteiger partial charge on any atom is -0.0527 e. The molecule has 8 heavy (non-hydrogen) atoms. The van der Waals surface area contributed by atoms with E-state index in [2.05, 4.69) is 17.2 Å². The van der Waals surface area contributed by atoms with Crippen molar-refractivity contribution in [2.24, 2.45) is 0 Å². The molecule has 0 spiro atoms. The molecule has 1 saturated carbocycles. The van der Waals surface area contributed by atoms with Crippen molar-refractivity contribution in [2.45, 2.75) is 32.1 Å². The predicted octanol–water partition coefficient (Wildman–Crippen LogP) is 2.48. The fourth-order valence-corrected chi connectivity index (χ4v) is 1.28. The standard InChI is InChI=1S/C7H10S/c8-6-7-4-2-1-3-5-7/h1-5H2. The van der Waals surface area contributed by atoms with Crippen molar-refractivity contribution < 1.29 is 0 Å². The minimum atomic E-state index is 1.21. The summed E-state index contributed by atoms with van der Waals surface area (Å²) in [4.78, 5) is 0. The Kier molecular flexibility index (Phi) is 2.26. The summed E-state index contributed by atoms with van der Waals surface area (Å²) in [5.74, 6) is 0. The van der Waals surface area contributed by atoms with Gasteiger partial charge in [-0.1, -0.05) is 6.42 Å². The maximum Gasteiger partial charge on any atom is -0.0168 e. The normalized spacial score (nSPS) is 20.2. The zero-order valence-electron chi connectivity index (χ0n) is 4.94. The molecule has 0 N–H and O–H groups in total. The smallest absolute Gasteiger partial charge is 0.0168 e. The molecule has 0 radical (unpaired) electrons. The van der Waals surface area contributed by atoms with Crippen LogP contribution in [0.2, 0.25) is 0 Å². The summed E-state index contributed by atoms with van der Waals surface area (Å²) in [7, 11) is 0. The van der Waals surface area contributed by atoms with Gasteiger partial charge < -0.3 is 0 Å². The molecule has 1 heteroatoms. The van der Waals surface area contributed by atoms with E-state index in [9.17, 15) is 0 Å². The topological polar surface area (TPSA) is 0 Å². The minimum absolute atomic E-state index is 1.21. The van der Waals surface area contributed by atoms with Crippen LogP contribution in [0, 0.1) is 0 Å². The van der Waals surface area contributed by atoms with Crippen LogP contribution in [-0.2, 0) is 0 Å². The quantitative estimate of drug-likeness (QED) is 0.449. The van der Waals surface area contributed by atoms with Crippen molar-refractivity contribution in [1.82, 2.24) is 0 Å². The number of rotatable bonds is 0. The van der Waals surface area contributed by atoms with Gasteiger partial charge in [-0.15, -0.1) is 0 Å². The van der Waals surface area contributed by atoms with Crippen LogP contribution in [0.3, 0.4) is 0 Å². The zero-order valence-corrected chi connectivity index (χ0v) is 5.76. The first-order valence-electron chi connectivity index (χ1n) is 3.16. The van der Waals surface area contributed by atoms with Gasteiger partial charge in [-0.3, -0.25) is 0 Å². The molecule has 1 aliphatic rings. The van der Waals surface area contributed by atoms with Gasteiger partial charge in [0.15, 0.2) is 0 Å². The molecule has 1 aliphatic carbocycles. The first-order chi connectivity index (χ1) is 3.93. The molecule has 0 unspecified atom stereocenters. The molecule has 44 valence electrons. The molecule has 0 atom stereocenters. The van der Waals surface area contributed by atoms with Crippen LogP contribution in [0.15, 0.2) is 5.57 Å². The Morgan fingerprint density at radius 1 is 1.12 bits per heavy atom. The van der Waals surface area contributed by atoms with Crippen LogP contribution in [0.4, 0.5) is 0 Å². The van der Waals surface area contributed by atoms with Crippen molar-refractivity contribution in [3.8, 4) is 0 Å². The van der Waals surface area contributed by atoms with E-state index in [1.807, 2.05) is 0 Å². The third-order valence-electron chi connectivity index (χ3n) is 1.60. The molecule has 0 aliphatic heterocycles. The largest absolute Gasteiger partial charge is 0.0527 e. The number of hydrogen-bond acceptors (Lipinski definition) is 1. The van der Waals surface area contributed by atoms with Crippen molar-refractivity contribution in [2.75, 3.05) is 0 Å². The molecule has 1 fully saturated rings. The van der Waals surface area contributed by atoms with Crippen molar-refractivity contribution in [3.63, 3.8) is 0 Å². The highest BCUT2D eigenvalue weighted by Crippen LogP contribution is 2.19. The van der Waals surface area contributed by atoms with Crippen LogP contribution >= 0.6 is 12.2 Å². The van der Waals surface area contributed by atoms with E-state index in [1.54, 1.807) is 0 Å². The highest BCUT2D eigenvalue weighted by molar-refractivity contribution is 7.78. The van der Waals surface area contributed by atoms with Gasteiger partial charge in [0, 0.05) is 0 Å². The van der Waals surface area contributed by atoms with Gasteiger partial charge in [0.1, 0.15) is 0 Å². The van der Waals surface area contributed by atoms with E-state index >= 15 is 0 Å². The first kappa shape index (κ1) is 6.00. The van der Waals surface area contributed by atoms with Gasteiger partial charge in [-0.05, 0) is 48.5 Å². The summed E-state index contributed by atoms with van der Waals surface area (Å²) in [5, 5.41) is 2.80.